The topological polar surface area (TPSA) is 120 Å². The Balaban J connectivity index is 1.52. The highest BCUT2D eigenvalue weighted by atomic mass is 32.2. The summed E-state index contributed by atoms with van der Waals surface area (Å²) in [5.74, 6) is -1.21. The van der Waals surface area contributed by atoms with Crippen LogP contribution in [0, 0.1) is 17.7 Å². The average Bonchev–Trinajstić information content (AvgIpc) is 3.07. The average molecular weight is 721 g/mol. The standard InChI is InChI=1S/C37H57FN4O7S/c1-7-20-50(46,47)42-14-12-31(13-15-42)40(6)32-23-29(22-30(38)24-32)21-28(4)36-27(3)9-11-34(26(2)8-10-33(43)25-35(44)49-36)48-37(45)41-18-16-39(5)17-19-41/h9,11,21-24,26-27,31,33-34,36,43H,7-8,10,12-20,25H2,1-6H3/b11-9+,28-21+/t26-,27+,33+,34+,36+/m1/s1. The number of carbonyl (C=O) groups excluding carboxylic acids is 2. The second-order valence-electron chi connectivity index (χ2n) is 14.4. The number of aliphatic hydroxyl groups excluding tert-OH is 1. The summed E-state index contributed by atoms with van der Waals surface area (Å²) in [5.41, 5.74) is 1.96. The number of anilines is 1. The van der Waals surface area contributed by atoms with Crippen LogP contribution in [0.3, 0.4) is 0 Å². The molecule has 4 rings (SSSR count). The molecule has 1 amide bonds. The number of aliphatic hydroxyl groups is 1. The zero-order valence-corrected chi connectivity index (χ0v) is 31.4. The van der Waals surface area contributed by atoms with Crippen LogP contribution < -0.4 is 4.90 Å². The molecule has 13 heteroatoms. The van der Waals surface area contributed by atoms with Crippen molar-refractivity contribution < 1.29 is 37.0 Å². The number of cyclic esters (lactones) is 1. The van der Waals surface area contributed by atoms with Gasteiger partial charge in [0.05, 0.1) is 18.3 Å². The molecule has 1 N–H and O–H groups in total. The van der Waals surface area contributed by atoms with E-state index in [1.807, 2.05) is 64.9 Å². The number of ether oxygens (including phenoxy) is 2. The number of piperazine rings is 1. The molecule has 11 nitrogen and oxygen atoms in total. The van der Waals surface area contributed by atoms with E-state index in [4.69, 9.17) is 9.47 Å². The van der Waals surface area contributed by atoms with Crippen LogP contribution in [0.2, 0.25) is 0 Å². The fraction of sp³-hybridized carbons (Fsp3) is 0.676. The minimum absolute atomic E-state index is 0.0485. The Bertz CT molecular complexity index is 1470. The van der Waals surface area contributed by atoms with Gasteiger partial charge in [0.25, 0.3) is 0 Å². The highest BCUT2D eigenvalue weighted by molar-refractivity contribution is 7.89. The lowest BCUT2D eigenvalue weighted by Gasteiger charge is -2.37. The molecule has 3 aliphatic heterocycles. The number of hydrogen-bond donors (Lipinski definition) is 1. The zero-order chi connectivity index (χ0) is 36.6. The van der Waals surface area contributed by atoms with Gasteiger partial charge in [-0.15, -0.1) is 0 Å². The Labute approximate surface area is 298 Å². The Hall–Kier alpha value is -3.00. The first-order valence-electron chi connectivity index (χ1n) is 18.1. The van der Waals surface area contributed by atoms with E-state index < -0.39 is 40.1 Å². The third-order valence-corrected chi connectivity index (χ3v) is 12.3. The molecule has 3 heterocycles. The highest BCUT2D eigenvalue weighted by Gasteiger charge is 2.31. The molecule has 0 spiro atoms. The van der Waals surface area contributed by atoms with Crippen molar-refractivity contribution in [2.24, 2.45) is 11.8 Å². The van der Waals surface area contributed by atoms with Crippen LogP contribution in [-0.2, 0) is 24.3 Å². The van der Waals surface area contributed by atoms with E-state index in [2.05, 4.69) is 4.90 Å². The first kappa shape index (κ1) is 39.8. The summed E-state index contributed by atoms with van der Waals surface area (Å²) in [4.78, 5) is 32.0. The number of sulfonamides is 1. The molecule has 0 saturated carbocycles. The number of carbonyl (C=O) groups is 2. The summed E-state index contributed by atoms with van der Waals surface area (Å²) < 4.78 is 53.7. The highest BCUT2D eigenvalue weighted by Crippen LogP contribution is 2.29. The van der Waals surface area contributed by atoms with Crippen molar-refractivity contribution in [2.75, 3.05) is 64.0 Å². The van der Waals surface area contributed by atoms with Gasteiger partial charge in [-0.05, 0) is 87.4 Å². The zero-order valence-electron chi connectivity index (χ0n) is 30.6. The number of amides is 1. The van der Waals surface area contributed by atoms with Crippen molar-refractivity contribution in [3.05, 3.63) is 47.3 Å². The number of likely N-dealkylation sites (N-methyl/N-ethyl adjacent to an activating group) is 1. The SMILES string of the molecule is CCCS(=O)(=O)N1CCC(N(C)c2cc(F)cc(/C=C(\C)[C@H]3OC(=O)C[C@@H](O)CC[C@@H](C)[C@@H](OC(=O)N4CCN(C)CC4)/C=C/[C@@H]3C)c2)CC1. The van der Waals surface area contributed by atoms with Crippen molar-refractivity contribution in [3.63, 3.8) is 0 Å². The van der Waals surface area contributed by atoms with Gasteiger partial charge in [0, 0.05) is 64.0 Å². The fourth-order valence-corrected chi connectivity index (χ4v) is 8.50. The van der Waals surface area contributed by atoms with Crippen molar-refractivity contribution in [2.45, 2.75) is 90.6 Å². The van der Waals surface area contributed by atoms with E-state index in [9.17, 15) is 23.1 Å². The molecule has 0 bridgehead atoms. The predicted molar refractivity (Wildman–Crippen MR) is 194 cm³/mol. The molecule has 3 aliphatic rings. The molecule has 1 aromatic rings. The van der Waals surface area contributed by atoms with Gasteiger partial charge in [0.2, 0.25) is 10.0 Å². The summed E-state index contributed by atoms with van der Waals surface area (Å²) in [6, 6.07) is 4.83. The lowest BCUT2D eigenvalue weighted by molar-refractivity contribution is -0.151. The second-order valence-corrected chi connectivity index (χ2v) is 16.5. The second kappa shape index (κ2) is 18.0. The molecule has 0 radical (unpaired) electrons. The Morgan fingerprint density at radius 3 is 2.40 bits per heavy atom. The van der Waals surface area contributed by atoms with E-state index in [0.29, 0.717) is 75.1 Å². The van der Waals surface area contributed by atoms with E-state index >= 15 is 4.39 Å². The number of esters is 1. The van der Waals surface area contributed by atoms with Crippen LogP contribution in [-0.4, -0.2) is 123 Å². The van der Waals surface area contributed by atoms with Gasteiger partial charge in [-0.25, -0.2) is 21.9 Å². The van der Waals surface area contributed by atoms with Gasteiger partial charge < -0.3 is 29.3 Å². The lowest BCUT2D eigenvalue weighted by Crippen LogP contribution is -2.48. The van der Waals surface area contributed by atoms with Crippen LogP contribution in [0.15, 0.2) is 35.9 Å². The van der Waals surface area contributed by atoms with Gasteiger partial charge in [-0.2, -0.15) is 0 Å². The number of benzene rings is 1. The Morgan fingerprint density at radius 2 is 1.74 bits per heavy atom. The third-order valence-electron chi connectivity index (χ3n) is 10.2. The fourth-order valence-electron chi connectivity index (χ4n) is 6.96. The van der Waals surface area contributed by atoms with Gasteiger partial charge in [0.15, 0.2) is 0 Å². The normalized spacial score (nSPS) is 27.9. The maximum atomic E-state index is 15.1. The molecule has 0 aliphatic carbocycles. The van der Waals surface area contributed by atoms with Crippen LogP contribution in [0.4, 0.5) is 14.9 Å². The van der Waals surface area contributed by atoms with Crippen LogP contribution in [0.5, 0.6) is 0 Å². The molecule has 5 atom stereocenters. The monoisotopic (exact) mass is 720 g/mol. The minimum atomic E-state index is -3.26. The lowest BCUT2D eigenvalue weighted by atomic mass is 9.91. The Morgan fingerprint density at radius 1 is 1.06 bits per heavy atom. The van der Waals surface area contributed by atoms with E-state index in [0.717, 1.165) is 13.1 Å². The van der Waals surface area contributed by atoms with Crippen molar-refractivity contribution in [1.29, 1.82) is 0 Å². The van der Waals surface area contributed by atoms with Gasteiger partial charge in [0.1, 0.15) is 18.0 Å². The molecule has 0 unspecified atom stereocenters. The number of nitrogens with zero attached hydrogens (tertiary/aromatic N) is 4. The molecular formula is C37H57FN4O7S. The predicted octanol–water partition coefficient (Wildman–Crippen LogP) is 4.91. The maximum Gasteiger partial charge on any atom is 0.410 e. The summed E-state index contributed by atoms with van der Waals surface area (Å²) >= 11 is 0. The van der Waals surface area contributed by atoms with E-state index in [1.165, 1.54) is 12.1 Å². The molecule has 2 fully saturated rings. The molecule has 280 valence electrons. The summed E-state index contributed by atoms with van der Waals surface area (Å²) in [7, 11) is 0.663. The molecule has 1 aromatic carbocycles. The van der Waals surface area contributed by atoms with Gasteiger partial charge in [-0.3, -0.25) is 4.79 Å². The maximum absolute atomic E-state index is 15.1. The first-order chi connectivity index (χ1) is 23.7. The van der Waals surface area contributed by atoms with Crippen LogP contribution in [0.25, 0.3) is 6.08 Å². The Kier molecular flexibility index (Phi) is 14.3. The smallest absolute Gasteiger partial charge is 0.410 e. The number of hydrogen-bond acceptors (Lipinski definition) is 9. The van der Waals surface area contributed by atoms with Gasteiger partial charge in [-0.1, -0.05) is 32.9 Å². The van der Waals surface area contributed by atoms with E-state index in [-0.39, 0.29) is 36.1 Å². The molecule has 50 heavy (non-hydrogen) atoms. The number of rotatable bonds is 8. The van der Waals surface area contributed by atoms with Crippen LogP contribution in [0.1, 0.15) is 71.8 Å². The summed E-state index contributed by atoms with van der Waals surface area (Å²) in [6.07, 6.45) is 5.67. The van der Waals surface area contributed by atoms with Crippen LogP contribution >= 0.6 is 0 Å². The molecular weight excluding hydrogens is 663 g/mol. The van der Waals surface area contributed by atoms with Crippen molar-refractivity contribution >= 4 is 33.8 Å². The van der Waals surface area contributed by atoms with E-state index in [1.54, 1.807) is 15.3 Å². The molecule has 0 aromatic heterocycles. The van der Waals surface area contributed by atoms with Crippen molar-refractivity contribution in [3.8, 4) is 0 Å². The first-order valence-corrected chi connectivity index (χ1v) is 19.7. The largest absolute Gasteiger partial charge is 0.457 e. The third kappa shape index (κ3) is 11.0. The summed E-state index contributed by atoms with van der Waals surface area (Å²) in [6.45, 7) is 11.2. The summed E-state index contributed by atoms with van der Waals surface area (Å²) in [5, 5.41) is 10.7. The van der Waals surface area contributed by atoms with Gasteiger partial charge >= 0.3 is 12.1 Å². The number of halogens is 1. The quantitative estimate of drug-likeness (QED) is 0.295. The van der Waals surface area contributed by atoms with Crippen molar-refractivity contribution in [1.82, 2.24) is 14.1 Å². The number of piperidine rings is 1. The molecule has 2 saturated heterocycles. The minimum Gasteiger partial charge on any atom is -0.457 e.